The highest BCUT2D eigenvalue weighted by molar-refractivity contribution is 5.19. The molecule has 0 bridgehead atoms. The average molecular weight is 223 g/mol. The highest BCUT2D eigenvalue weighted by atomic mass is 16.3. The van der Waals surface area contributed by atoms with Gasteiger partial charge in [-0.2, -0.15) is 0 Å². The Bertz CT molecular complexity index is 318. The zero-order valence-electron chi connectivity index (χ0n) is 10.1. The number of benzene rings is 1. The van der Waals surface area contributed by atoms with Gasteiger partial charge in [0.25, 0.3) is 0 Å². The van der Waals surface area contributed by atoms with Gasteiger partial charge in [0, 0.05) is 6.04 Å². The summed E-state index contributed by atoms with van der Waals surface area (Å²) in [5.74, 6) is 0. The zero-order chi connectivity index (χ0) is 12.3. The lowest BCUT2D eigenvalue weighted by molar-refractivity contribution is -0.0200. The molecular formula is C13H21NO2. The lowest BCUT2D eigenvalue weighted by Gasteiger charge is -2.33. The van der Waals surface area contributed by atoms with Crippen LogP contribution in [0, 0.1) is 5.41 Å². The highest BCUT2D eigenvalue weighted by Crippen LogP contribution is 2.26. The van der Waals surface area contributed by atoms with Gasteiger partial charge in [-0.15, -0.1) is 0 Å². The van der Waals surface area contributed by atoms with Crippen molar-refractivity contribution >= 4 is 0 Å². The third-order valence-corrected chi connectivity index (χ3v) is 2.83. The Hall–Kier alpha value is -0.900. The summed E-state index contributed by atoms with van der Waals surface area (Å²) in [4.78, 5) is 0. The quantitative estimate of drug-likeness (QED) is 0.726. The molecule has 3 heteroatoms. The molecule has 4 N–H and O–H groups in total. The van der Waals surface area contributed by atoms with Crippen molar-refractivity contribution in [2.75, 3.05) is 0 Å². The van der Waals surface area contributed by atoms with Gasteiger partial charge in [0.15, 0.2) is 0 Å². The van der Waals surface area contributed by atoms with Gasteiger partial charge in [-0.25, -0.2) is 0 Å². The third-order valence-electron chi connectivity index (χ3n) is 2.83. The van der Waals surface area contributed by atoms with Crippen LogP contribution in [0.5, 0.6) is 0 Å². The maximum atomic E-state index is 10.0. The first kappa shape index (κ1) is 13.2. The van der Waals surface area contributed by atoms with E-state index < -0.39 is 18.2 Å². The first-order chi connectivity index (χ1) is 7.34. The smallest absolute Gasteiger partial charge is 0.106 e. The summed E-state index contributed by atoms with van der Waals surface area (Å²) < 4.78 is 0. The van der Waals surface area contributed by atoms with Crippen molar-refractivity contribution in [2.24, 2.45) is 11.1 Å². The standard InChI is InChI=1S/C13H21NO2/c1-13(2,3)12(14)11(16)10(15)9-7-5-4-6-8-9/h4-8,10-12,15-16H,14H2,1-3H3/t10-,11-,12-/m1/s1. The van der Waals surface area contributed by atoms with Crippen molar-refractivity contribution in [1.82, 2.24) is 0 Å². The summed E-state index contributed by atoms with van der Waals surface area (Å²) in [6.07, 6.45) is -1.89. The van der Waals surface area contributed by atoms with Gasteiger partial charge in [0.05, 0.1) is 6.10 Å². The Morgan fingerprint density at radius 2 is 1.56 bits per heavy atom. The van der Waals surface area contributed by atoms with Gasteiger partial charge in [0.1, 0.15) is 6.10 Å². The average Bonchev–Trinajstić information content (AvgIpc) is 2.26. The molecule has 3 nitrogen and oxygen atoms in total. The third kappa shape index (κ3) is 3.04. The molecule has 1 aromatic rings. The van der Waals surface area contributed by atoms with E-state index in [1.165, 1.54) is 0 Å². The number of nitrogens with two attached hydrogens (primary N) is 1. The van der Waals surface area contributed by atoms with Crippen molar-refractivity contribution in [3.63, 3.8) is 0 Å². The topological polar surface area (TPSA) is 66.5 Å². The monoisotopic (exact) mass is 223 g/mol. The molecule has 0 unspecified atom stereocenters. The first-order valence-corrected chi connectivity index (χ1v) is 5.50. The van der Waals surface area contributed by atoms with E-state index in [1.54, 1.807) is 12.1 Å². The Kier molecular flexibility index (Phi) is 4.08. The van der Waals surface area contributed by atoms with E-state index in [9.17, 15) is 10.2 Å². The Morgan fingerprint density at radius 3 is 2.00 bits per heavy atom. The van der Waals surface area contributed by atoms with Crippen LogP contribution in [-0.4, -0.2) is 22.4 Å². The molecule has 0 saturated carbocycles. The number of hydrogen-bond acceptors (Lipinski definition) is 3. The van der Waals surface area contributed by atoms with E-state index in [0.29, 0.717) is 5.56 Å². The summed E-state index contributed by atoms with van der Waals surface area (Å²) in [6, 6.07) is 8.61. The van der Waals surface area contributed by atoms with Crippen molar-refractivity contribution in [3.05, 3.63) is 35.9 Å². The van der Waals surface area contributed by atoms with Crippen LogP contribution in [-0.2, 0) is 0 Å². The number of aliphatic hydroxyl groups excluding tert-OH is 2. The van der Waals surface area contributed by atoms with Crippen molar-refractivity contribution in [2.45, 2.75) is 39.0 Å². The summed E-state index contributed by atoms with van der Waals surface area (Å²) in [5.41, 5.74) is 6.37. The normalized spacial score (nSPS) is 17.9. The van der Waals surface area contributed by atoms with E-state index in [-0.39, 0.29) is 5.41 Å². The van der Waals surface area contributed by atoms with E-state index in [2.05, 4.69) is 0 Å². The van der Waals surface area contributed by atoms with Crippen LogP contribution < -0.4 is 5.73 Å². The highest BCUT2D eigenvalue weighted by Gasteiger charge is 2.32. The van der Waals surface area contributed by atoms with Crippen molar-refractivity contribution in [1.29, 1.82) is 0 Å². The van der Waals surface area contributed by atoms with E-state index in [4.69, 9.17) is 5.73 Å². The minimum Gasteiger partial charge on any atom is -0.388 e. The molecule has 0 aromatic heterocycles. The minimum atomic E-state index is -0.956. The fraction of sp³-hybridized carbons (Fsp3) is 0.538. The van der Waals surface area contributed by atoms with Crippen molar-refractivity contribution < 1.29 is 10.2 Å². The van der Waals surface area contributed by atoms with Crippen molar-refractivity contribution in [3.8, 4) is 0 Å². The maximum Gasteiger partial charge on any atom is 0.106 e. The molecule has 0 aliphatic heterocycles. The minimum absolute atomic E-state index is 0.241. The van der Waals surface area contributed by atoms with Gasteiger partial charge in [-0.05, 0) is 11.0 Å². The Balaban J connectivity index is 2.79. The first-order valence-electron chi connectivity index (χ1n) is 5.50. The van der Waals surface area contributed by atoms with Gasteiger partial charge in [-0.3, -0.25) is 0 Å². The fourth-order valence-electron chi connectivity index (χ4n) is 1.56. The second-order valence-corrected chi connectivity index (χ2v) is 5.24. The summed E-state index contributed by atoms with van der Waals surface area (Å²) in [7, 11) is 0. The van der Waals surface area contributed by atoms with Gasteiger partial charge >= 0.3 is 0 Å². The second kappa shape index (κ2) is 4.95. The molecule has 0 amide bonds. The molecule has 16 heavy (non-hydrogen) atoms. The maximum absolute atomic E-state index is 10.0. The molecule has 0 spiro atoms. The summed E-state index contributed by atoms with van der Waals surface area (Å²) >= 11 is 0. The predicted octanol–water partition coefficient (Wildman–Crippen LogP) is 1.45. The lowest BCUT2D eigenvalue weighted by Crippen LogP contribution is -2.47. The van der Waals surface area contributed by atoms with Crippen LogP contribution in [0.2, 0.25) is 0 Å². The second-order valence-electron chi connectivity index (χ2n) is 5.24. The van der Waals surface area contributed by atoms with E-state index in [1.807, 2.05) is 39.0 Å². The molecule has 0 aliphatic rings. The number of aliphatic hydroxyl groups is 2. The predicted molar refractivity (Wildman–Crippen MR) is 64.8 cm³/mol. The van der Waals surface area contributed by atoms with Gasteiger partial charge in [0.2, 0.25) is 0 Å². The SMILES string of the molecule is CC(C)(C)[C@H](N)[C@H](O)[C@H](O)c1ccccc1. The molecule has 0 fully saturated rings. The lowest BCUT2D eigenvalue weighted by atomic mass is 9.81. The van der Waals surface area contributed by atoms with Crippen LogP contribution in [0.1, 0.15) is 32.4 Å². The zero-order valence-corrected chi connectivity index (χ0v) is 10.1. The number of rotatable bonds is 3. The molecular weight excluding hydrogens is 202 g/mol. The van der Waals surface area contributed by atoms with E-state index in [0.717, 1.165) is 0 Å². The number of hydrogen-bond donors (Lipinski definition) is 3. The Labute approximate surface area is 96.9 Å². The van der Waals surface area contributed by atoms with Crippen LogP contribution >= 0.6 is 0 Å². The molecule has 0 radical (unpaired) electrons. The fourth-order valence-corrected chi connectivity index (χ4v) is 1.56. The largest absolute Gasteiger partial charge is 0.388 e. The van der Waals surface area contributed by atoms with Crippen LogP contribution in [0.15, 0.2) is 30.3 Å². The molecule has 0 aliphatic carbocycles. The van der Waals surface area contributed by atoms with E-state index >= 15 is 0 Å². The molecule has 0 saturated heterocycles. The summed E-state index contributed by atoms with van der Waals surface area (Å²) in [5, 5.41) is 20.0. The molecule has 0 heterocycles. The molecule has 90 valence electrons. The summed E-state index contributed by atoms with van der Waals surface area (Å²) in [6.45, 7) is 5.83. The molecule has 3 atom stereocenters. The van der Waals surface area contributed by atoms with Crippen LogP contribution in [0.4, 0.5) is 0 Å². The van der Waals surface area contributed by atoms with Crippen LogP contribution in [0.3, 0.4) is 0 Å². The van der Waals surface area contributed by atoms with Crippen LogP contribution in [0.25, 0.3) is 0 Å². The molecule has 1 aromatic carbocycles. The Morgan fingerprint density at radius 1 is 1.06 bits per heavy atom. The van der Waals surface area contributed by atoms with Gasteiger partial charge < -0.3 is 15.9 Å². The van der Waals surface area contributed by atoms with Gasteiger partial charge in [-0.1, -0.05) is 51.1 Å². The molecule has 1 rings (SSSR count).